The summed E-state index contributed by atoms with van der Waals surface area (Å²) in [5.41, 5.74) is 0. The number of hydrogen-bond acceptors (Lipinski definition) is 4. The molecule has 0 rings (SSSR count). The molecule has 0 atom stereocenters. The number of rotatable bonds is 2. The van der Waals surface area contributed by atoms with E-state index in [1.54, 1.807) is 0 Å². The molecule has 0 saturated carbocycles. The van der Waals surface area contributed by atoms with Gasteiger partial charge in [0, 0.05) is 0 Å². The average Bonchev–Trinajstić information content (AvgIpc) is 1.90. The van der Waals surface area contributed by atoms with E-state index in [1.165, 1.54) is 0 Å². The summed E-state index contributed by atoms with van der Waals surface area (Å²) >= 11 is 8.74. The lowest BCUT2D eigenvalue weighted by molar-refractivity contribution is 0.310. The molecule has 0 fully saturated rings. The second-order valence-corrected chi connectivity index (χ2v) is 3.15. The van der Waals surface area contributed by atoms with Gasteiger partial charge in [0.1, 0.15) is 0 Å². The molecule has 0 saturated heterocycles. The van der Waals surface area contributed by atoms with Crippen LogP contribution in [0.25, 0.3) is 0 Å². The first kappa shape index (κ1) is 13.3. The third-order valence-corrected chi connectivity index (χ3v) is 1.57. The lowest BCUT2D eigenvalue weighted by atomic mass is 11.3. The highest BCUT2D eigenvalue weighted by molar-refractivity contribution is 7.49. The average molecular weight is 212 g/mol. The van der Waals surface area contributed by atoms with Gasteiger partial charge in [-0.25, -0.2) is 4.57 Å². The third kappa shape index (κ3) is 11.4. The summed E-state index contributed by atoms with van der Waals surface area (Å²) in [6.07, 6.45) is 0. The fourth-order valence-electron chi connectivity index (χ4n) is 0.0106. The van der Waals surface area contributed by atoms with Gasteiger partial charge in [-0.3, -0.25) is 0 Å². The van der Waals surface area contributed by atoms with Crippen LogP contribution in [-0.2, 0) is 12.7 Å². The van der Waals surface area contributed by atoms with Gasteiger partial charge in [-0.05, 0) is 14.1 Å². The molecule has 10 heavy (non-hydrogen) atoms. The van der Waals surface area contributed by atoms with Crippen molar-refractivity contribution in [1.29, 1.82) is 0 Å². The van der Waals surface area contributed by atoms with Gasteiger partial charge in [0.05, 0.1) is 23.7 Å². The van der Waals surface area contributed by atoms with Crippen molar-refractivity contribution >= 4 is 31.6 Å². The fourth-order valence-corrected chi connectivity index (χ4v) is 0.287. The van der Waals surface area contributed by atoms with Gasteiger partial charge in [0.15, 0.2) is 0 Å². The minimum Gasteiger partial charge on any atom is -0.323 e. The van der Waals surface area contributed by atoms with Crippen LogP contribution < -0.4 is 5.32 Å². The number of hydrogen-bond donors (Lipinski definition) is 2. The Morgan fingerprint density at radius 1 is 1.40 bits per heavy atom. The van der Waals surface area contributed by atoms with Crippen LogP contribution in [0.15, 0.2) is 0 Å². The third-order valence-electron chi connectivity index (χ3n) is 0.174. The SMILES string of the molecule is CNC.O=P(O)(OCl)OCl. The smallest absolute Gasteiger partial charge is 0.323 e. The van der Waals surface area contributed by atoms with E-state index in [9.17, 15) is 4.57 Å². The first-order valence-electron chi connectivity index (χ1n) is 2.06. The predicted molar refractivity (Wildman–Crippen MR) is 38.7 cm³/mol. The van der Waals surface area contributed by atoms with Crippen molar-refractivity contribution in [1.82, 2.24) is 5.32 Å². The summed E-state index contributed by atoms with van der Waals surface area (Å²) in [7, 11) is -0.373. The number of phosphoric acid groups is 1. The minimum atomic E-state index is -4.12. The van der Waals surface area contributed by atoms with Gasteiger partial charge in [-0.2, -0.15) is 8.15 Å². The van der Waals surface area contributed by atoms with Crippen molar-refractivity contribution in [2.75, 3.05) is 14.1 Å². The molecule has 0 amide bonds. The molecule has 0 spiro atoms. The molecule has 0 heterocycles. The van der Waals surface area contributed by atoms with E-state index in [1.807, 2.05) is 14.1 Å². The lowest BCUT2D eigenvalue weighted by Crippen LogP contribution is -1.89. The van der Waals surface area contributed by atoms with Gasteiger partial charge >= 0.3 is 7.82 Å². The highest BCUT2D eigenvalue weighted by atomic mass is 35.5. The first-order valence-corrected chi connectivity index (χ1v) is 4.17. The summed E-state index contributed by atoms with van der Waals surface area (Å²) in [5, 5.41) is 2.75. The van der Waals surface area contributed by atoms with Crippen molar-refractivity contribution < 1.29 is 17.6 Å². The monoisotopic (exact) mass is 211 g/mol. The first-order chi connectivity index (χ1) is 4.54. The van der Waals surface area contributed by atoms with Crippen LogP contribution in [0.5, 0.6) is 0 Å². The Labute approximate surface area is 69.2 Å². The van der Waals surface area contributed by atoms with Crippen LogP contribution in [0.1, 0.15) is 0 Å². The van der Waals surface area contributed by atoms with Crippen molar-refractivity contribution in [3.63, 3.8) is 0 Å². The molecule has 5 nitrogen and oxygen atoms in total. The quantitative estimate of drug-likeness (QED) is 0.674. The highest BCUT2D eigenvalue weighted by Crippen LogP contribution is 2.45. The van der Waals surface area contributed by atoms with Crippen molar-refractivity contribution in [3.05, 3.63) is 0 Å². The van der Waals surface area contributed by atoms with Crippen molar-refractivity contribution in [2.24, 2.45) is 0 Å². The Morgan fingerprint density at radius 3 is 1.60 bits per heavy atom. The molecule has 8 heteroatoms. The maximum Gasteiger partial charge on any atom is 0.505 e. The Balaban J connectivity index is 0. The van der Waals surface area contributed by atoms with Gasteiger partial charge in [-0.1, -0.05) is 0 Å². The van der Waals surface area contributed by atoms with E-state index in [-0.39, 0.29) is 0 Å². The number of halogens is 2. The molecule has 0 bridgehead atoms. The Hall–Kier alpha value is 0.650. The largest absolute Gasteiger partial charge is 0.505 e. The molecule has 64 valence electrons. The Bertz CT molecular complexity index is 103. The zero-order valence-electron chi connectivity index (χ0n) is 5.38. The Kier molecular flexibility index (Phi) is 10.3. The van der Waals surface area contributed by atoms with Crippen LogP contribution in [0.2, 0.25) is 0 Å². The second kappa shape index (κ2) is 7.75. The van der Waals surface area contributed by atoms with Gasteiger partial charge < -0.3 is 10.2 Å². The van der Waals surface area contributed by atoms with Crippen LogP contribution in [-0.4, -0.2) is 19.0 Å². The fraction of sp³-hybridized carbons (Fsp3) is 1.00. The molecule has 0 radical (unpaired) electrons. The van der Waals surface area contributed by atoms with E-state index in [0.717, 1.165) is 0 Å². The standard InChI is InChI=1S/C2H7N.Cl2HO4P/c1-3-2;1-5-7(3,4)6-2/h3H,1-2H3;(H,3,4). The van der Waals surface area contributed by atoms with Crippen LogP contribution in [0.4, 0.5) is 0 Å². The normalized spacial score (nSPS) is 10.1. The van der Waals surface area contributed by atoms with Crippen LogP contribution in [0.3, 0.4) is 0 Å². The van der Waals surface area contributed by atoms with E-state index in [0.29, 0.717) is 0 Å². The van der Waals surface area contributed by atoms with E-state index < -0.39 is 7.82 Å². The van der Waals surface area contributed by atoms with Crippen LogP contribution >= 0.6 is 31.6 Å². The van der Waals surface area contributed by atoms with E-state index in [2.05, 4.69) is 37.2 Å². The minimum absolute atomic E-state index is 1.88. The number of nitrogens with one attached hydrogen (secondary N) is 1. The topological polar surface area (TPSA) is 67.8 Å². The molecular weight excluding hydrogens is 204 g/mol. The summed E-state index contributed by atoms with van der Waals surface area (Å²) in [5.74, 6) is 0. The second-order valence-electron chi connectivity index (χ2n) is 1.11. The molecule has 0 aliphatic heterocycles. The Morgan fingerprint density at radius 2 is 1.60 bits per heavy atom. The zero-order chi connectivity index (χ0) is 8.62. The van der Waals surface area contributed by atoms with Crippen LogP contribution in [0, 0.1) is 0 Å². The van der Waals surface area contributed by atoms with E-state index in [4.69, 9.17) is 4.89 Å². The summed E-state index contributed by atoms with van der Waals surface area (Å²) < 4.78 is 16.4. The van der Waals surface area contributed by atoms with Crippen molar-refractivity contribution in [3.8, 4) is 0 Å². The molecule has 0 aromatic rings. The molecule has 0 aromatic heterocycles. The molecule has 2 N–H and O–H groups in total. The zero-order valence-corrected chi connectivity index (χ0v) is 7.78. The van der Waals surface area contributed by atoms with Gasteiger partial charge in [0.25, 0.3) is 0 Å². The molecule has 0 aliphatic rings. The molecular formula is C2H8Cl2NO4P. The lowest BCUT2D eigenvalue weighted by Gasteiger charge is -1.95. The predicted octanol–water partition coefficient (Wildman–Crippen LogP) is 1.26. The molecule has 0 unspecified atom stereocenters. The van der Waals surface area contributed by atoms with Gasteiger partial charge in [-0.15, -0.1) is 0 Å². The maximum atomic E-state index is 9.80. The maximum absolute atomic E-state index is 9.80. The van der Waals surface area contributed by atoms with Crippen molar-refractivity contribution in [2.45, 2.75) is 0 Å². The van der Waals surface area contributed by atoms with Gasteiger partial charge in [0.2, 0.25) is 0 Å². The van der Waals surface area contributed by atoms with E-state index >= 15 is 0 Å². The summed E-state index contributed by atoms with van der Waals surface area (Å²) in [6.45, 7) is 0. The highest BCUT2D eigenvalue weighted by Gasteiger charge is 2.18. The summed E-state index contributed by atoms with van der Waals surface area (Å²) in [4.78, 5) is 7.98. The molecule has 0 aromatic carbocycles. The summed E-state index contributed by atoms with van der Waals surface area (Å²) in [6, 6.07) is 0. The molecule has 0 aliphatic carbocycles.